The third-order valence-corrected chi connectivity index (χ3v) is 3.28. The number of nitro groups is 1. The van der Waals surface area contributed by atoms with Crippen LogP contribution < -0.4 is 5.32 Å². The van der Waals surface area contributed by atoms with Crippen LogP contribution in [0.25, 0.3) is 0 Å². The van der Waals surface area contributed by atoms with Crippen LogP contribution in [0.3, 0.4) is 0 Å². The number of nitrogens with zero attached hydrogens (tertiary/aromatic N) is 1. The van der Waals surface area contributed by atoms with Crippen LogP contribution in [0.2, 0.25) is 5.02 Å². The highest BCUT2D eigenvalue weighted by Crippen LogP contribution is 2.28. The second kappa shape index (κ2) is 6.54. The fraction of sp³-hybridized carbons (Fsp3) is 0.200. The van der Waals surface area contributed by atoms with E-state index in [9.17, 15) is 14.5 Å². The summed E-state index contributed by atoms with van der Waals surface area (Å²) < 4.78 is 13.6. The van der Waals surface area contributed by atoms with Gasteiger partial charge in [0.2, 0.25) is 0 Å². The van der Waals surface area contributed by atoms with E-state index in [0.29, 0.717) is 22.7 Å². The molecule has 110 valence electrons. The van der Waals surface area contributed by atoms with Crippen LogP contribution in [0.4, 0.5) is 15.8 Å². The van der Waals surface area contributed by atoms with Crippen LogP contribution in [0.15, 0.2) is 42.5 Å². The predicted molar refractivity (Wildman–Crippen MR) is 81.3 cm³/mol. The Morgan fingerprint density at radius 2 is 2.05 bits per heavy atom. The van der Waals surface area contributed by atoms with Crippen molar-refractivity contribution in [1.29, 1.82) is 0 Å². The second-order valence-electron chi connectivity index (χ2n) is 4.76. The first-order valence-electron chi connectivity index (χ1n) is 6.41. The average molecular weight is 309 g/mol. The lowest BCUT2D eigenvalue weighted by atomic mass is 10.1. The SMILES string of the molecule is CC(Cc1ccccc1F)Nc1ccc(Cl)cc1[N+](=O)[O-]. The van der Waals surface area contributed by atoms with Crippen molar-refractivity contribution < 1.29 is 9.31 Å². The predicted octanol–water partition coefficient (Wildman–Crippen LogP) is 4.43. The van der Waals surface area contributed by atoms with Gasteiger partial charge in [0.1, 0.15) is 11.5 Å². The quantitative estimate of drug-likeness (QED) is 0.656. The standard InChI is InChI=1S/C15H14ClFN2O2/c1-10(8-11-4-2-3-5-13(11)17)18-14-7-6-12(16)9-15(14)19(20)21/h2-7,9-10,18H,8H2,1H3. The molecule has 0 aliphatic heterocycles. The van der Waals surface area contributed by atoms with Gasteiger partial charge in [0, 0.05) is 17.1 Å². The summed E-state index contributed by atoms with van der Waals surface area (Å²) in [5.41, 5.74) is 0.838. The van der Waals surface area contributed by atoms with Crippen molar-refractivity contribution in [2.24, 2.45) is 0 Å². The van der Waals surface area contributed by atoms with E-state index in [4.69, 9.17) is 11.6 Å². The van der Waals surface area contributed by atoms with E-state index >= 15 is 0 Å². The summed E-state index contributed by atoms with van der Waals surface area (Å²) in [6, 6.07) is 10.7. The zero-order valence-corrected chi connectivity index (χ0v) is 12.1. The monoisotopic (exact) mass is 308 g/mol. The van der Waals surface area contributed by atoms with E-state index in [2.05, 4.69) is 5.32 Å². The molecule has 0 spiro atoms. The summed E-state index contributed by atoms with van der Waals surface area (Å²) >= 11 is 5.77. The molecule has 0 fully saturated rings. The maximum atomic E-state index is 13.6. The normalized spacial score (nSPS) is 12.0. The number of hydrogen-bond acceptors (Lipinski definition) is 3. The molecule has 1 N–H and O–H groups in total. The minimum atomic E-state index is -0.496. The Balaban J connectivity index is 2.15. The van der Waals surface area contributed by atoms with Gasteiger partial charge in [0.15, 0.2) is 0 Å². The van der Waals surface area contributed by atoms with Gasteiger partial charge < -0.3 is 5.32 Å². The van der Waals surface area contributed by atoms with Crippen LogP contribution in [-0.4, -0.2) is 11.0 Å². The molecular formula is C15H14ClFN2O2. The smallest absolute Gasteiger partial charge is 0.293 e. The van der Waals surface area contributed by atoms with E-state index < -0.39 is 4.92 Å². The van der Waals surface area contributed by atoms with Gasteiger partial charge in [-0.1, -0.05) is 29.8 Å². The molecule has 0 aromatic heterocycles. The number of hydrogen-bond donors (Lipinski definition) is 1. The summed E-state index contributed by atoms with van der Waals surface area (Å²) in [5.74, 6) is -0.281. The first-order valence-corrected chi connectivity index (χ1v) is 6.79. The van der Waals surface area contributed by atoms with E-state index in [0.717, 1.165) is 0 Å². The molecule has 0 saturated heterocycles. The van der Waals surface area contributed by atoms with Gasteiger partial charge in [-0.2, -0.15) is 0 Å². The molecule has 0 radical (unpaired) electrons. The highest BCUT2D eigenvalue weighted by Gasteiger charge is 2.16. The molecule has 0 aliphatic rings. The third-order valence-electron chi connectivity index (χ3n) is 3.04. The van der Waals surface area contributed by atoms with Crippen molar-refractivity contribution >= 4 is 23.0 Å². The highest BCUT2D eigenvalue weighted by molar-refractivity contribution is 6.30. The molecule has 0 heterocycles. The molecule has 0 bridgehead atoms. The van der Waals surface area contributed by atoms with Crippen LogP contribution in [0.1, 0.15) is 12.5 Å². The molecular weight excluding hydrogens is 295 g/mol. The molecule has 2 aromatic rings. The average Bonchev–Trinajstić information content (AvgIpc) is 2.43. The molecule has 0 amide bonds. The topological polar surface area (TPSA) is 55.2 Å². The Kier molecular flexibility index (Phi) is 4.75. The van der Waals surface area contributed by atoms with Crippen LogP contribution in [0, 0.1) is 15.9 Å². The molecule has 0 aliphatic carbocycles. The van der Waals surface area contributed by atoms with E-state index in [1.165, 1.54) is 12.1 Å². The van der Waals surface area contributed by atoms with Gasteiger partial charge in [-0.25, -0.2) is 4.39 Å². The second-order valence-corrected chi connectivity index (χ2v) is 5.20. The molecule has 1 atom stereocenters. The Morgan fingerprint density at radius 1 is 1.33 bits per heavy atom. The summed E-state index contributed by atoms with van der Waals surface area (Å²) in [4.78, 5) is 10.5. The van der Waals surface area contributed by atoms with Crippen LogP contribution in [0.5, 0.6) is 0 Å². The largest absolute Gasteiger partial charge is 0.377 e. The molecule has 0 saturated carbocycles. The highest BCUT2D eigenvalue weighted by atomic mass is 35.5. The summed E-state index contributed by atoms with van der Waals surface area (Å²) in [7, 11) is 0. The van der Waals surface area contributed by atoms with Crippen molar-refractivity contribution in [2.75, 3.05) is 5.32 Å². The Bertz CT molecular complexity index is 664. The number of nitrogens with one attached hydrogen (secondary N) is 1. The van der Waals surface area contributed by atoms with Gasteiger partial charge in [-0.3, -0.25) is 10.1 Å². The van der Waals surface area contributed by atoms with E-state index in [-0.39, 0.29) is 17.5 Å². The third kappa shape index (κ3) is 3.92. The number of benzene rings is 2. The number of anilines is 1. The van der Waals surface area contributed by atoms with Crippen molar-refractivity contribution in [3.05, 3.63) is 69.0 Å². The molecule has 4 nitrogen and oxygen atoms in total. The molecule has 21 heavy (non-hydrogen) atoms. The van der Waals surface area contributed by atoms with E-state index in [1.807, 2.05) is 6.92 Å². The Hall–Kier alpha value is -2.14. The number of nitro benzene ring substituents is 1. The van der Waals surface area contributed by atoms with Crippen molar-refractivity contribution in [3.8, 4) is 0 Å². The summed E-state index contributed by atoms with van der Waals surface area (Å²) in [5, 5.41) is 14.3. The van der Waals surface area contributed by atoms with Gasteiger partial charge in [0.05, 0.1) is 4.92 Å². The Labute approximate surface area is 126 Å². The molecule has 6 heteroatoms. The maximum Gasteiger partial charge on any atom is 0.293 e. The van der Waals surface area contributed by atoms with Crippen LogP contribution >= 0.6 is 11.6 Å². The first kappa shape index (κ1) is 15.3. The minimum Gasteiger partial charge on any atom is -0.377 e. The minimum absolute atomic E-state index is 0.0946. The van der Waals surface area contributed by atoms with Gasteiger partial charge in [-0.15, -0.1) is 0 Å². The fourth-order valence-electron chi connectivity index (χ4n) is 2.09. The van der Waals surface area contributed by atoms with Gasteiger partial charge >= 0.3 is 0 Å². The van der Waals surface area contributed by atoms with Crippen molar-refractivity contribution in [1.82, 2.24) is 0 Å². The van der Waals surface area contributed by atoms with Gasteiger partial charge in [-0.05, 0) is 37.1 Å². The zero-order chi connectivity index (χ0) is 15.4. The molecule has 2 rings (SSSR count). The fourth-order valence-corrected chi connectivity index (χ4v) is 2.25. The zero-order valence-electron chi connectivity index (χ0n) is 11.3. The molecule has 2 aromatic carbocycles. The number of halogens is 2. The van der Waals surface area contributed by atoms with Crippen LogP contribution in [-0.2, 0) is 6.42 Å². The number of rotatable bonds is 5. The van der Waals surface area contributed by atoms with E-state index in [1.54, 1.807) is 30.3 Å². The maximum absolute atomic E-state index is 13.6. The Morgan fingerprint density at radius 3 is 2.71 bits per heavy atom. The lowest BCUT2D eigenvalue weighted by Gasteiger charge is -2.16. The van der Waals surface area contributed by atoms with Gasteiger partial charge in [0.25, 0.3) is 5.69 Å². The summed E-state index contributed by atoms with van der Waals surface area (Å²) in [6.45, 7) is 1.84. The first-order chi connectivity index (χ1) is 9.97. The lowest BCUT2D eigenvalue weighted by Crippen LogP contribution is -2.19. The molecule has 1 unspecified atom stereocenters. The van der Waals surface area contributed by atoms with Crippen molar-refractivity contribution in [2.45, 2.75) is 19.4 Å². The summed E-state index contributed by atoms with van der Waals surface area (Å²) in [6.07, 6.45) is 0.423. The lowest BCUT2D eigenvalue weighted by molar-refractivity contribution is -0.384. The van der Waals surface area contributed by atoms with Crippen molar-refractivity contribution in [3.63, 3.8) is 0 Å².